The topological polar surface area (TPSA) is 54.2 Å². The van der Waals surface area contributed by atoms with Crippen molar-refractivity contribution in [1.82, 2.24) is 15.5 Å². The number of hydrogen-bond acceptors (Lipinski definition) is 5. The Hall–Kier alpha value is -1.10. The lowest BCUT2D eigenvalue weighted by Crippen LogP contribution is -2.25. The van der Waals surface area contributed by atoms with Crippen LogP contribution in [-0.2, 0) is 6.42 Å². The van der Waals surface area contributed by atoms with Gasteiger partial charge >= 0.3 is 0 Å². The second kappa shape index (κ2) is 5.84. The first-order valence-electron chi connectivity index (χ1n) is 6.12. The molecule has 0 bridgehead atoms. The smallest absolute Gasteiger partial charge is 0.266 e. The lowest BCUT2D eigenvalue weighted by Gasteiger charge is -2.16. The number of likely N-dealkylation sites (N-methyl/N-ethyl adjacent to an activating group) is 1. The van der Waals surface area contributed by atoms with Gasteiger partial charge in [0.1, 0.15) is 0 Å². The highest BCUT2D eigenvalue weighted by atomic mass is 16.5. The molecule has 1 aromatic heterocycles. The van der Waals surface area contributed by atoms with E-state index < -0.39 is 0 Å². The molecular formula is C11H20N4O. The molecule has 2 heterocycles. The van der Waals surface area contributed by atoms with Gasteiger partial charge in [-0.25, -0.2) is 0 Å². The summed E-state index contributed by atoms with van der Waals surface area (Å²) < 4.78 is 5.22. The fraction of sp³-hybridized carbons (Fsp3) is 0.818. The predicted molar refractivity (Wildman–Crippen MR) is 62.6 cm³/mol. The summed E-state index contributed by atoms with van der Waals surface area (Å²) in [5.41, 5.74) is 0. The summed E-state index contributed by atoms with van der Waals surface area (Å²) in [7, 11) is 1.92. The highest BCUT2D eigenvalue weighted by Gasteiger charge is 2.15. The van der Waals surface area contributed by atoms with Gasteiger partial charge in [0.2, 0.25) is 5.89 Å². The van der Waals surface area contributed by atoms with E-state index in [1.54, 1.807) is 0 Å². The van der Waals surface area contributed by atoms with Gasteiger partial charge in [-0.2, -0.15) is 4.98 Å². The molecule has 1 fully saturated rings. The second-order valence-electron chi connectivity index (χ2n) is 4.24. The van der Waals surface area contributed by atoms with Crippen LogP contribution in [-0.4, -0.2) is 36.8 Å². The summed E-state index contributed by atoms with van der Waals surface area (Å²) in [4.78, 5) is 6.66. The maximum absolute atomic E-state index is 5.22. The molecule has 0 spiro atoms. The summed E-state index contributed by atoms with van der Waals surface area (Å²) in [6.07, 6.45) is 5.92. The molecule has 5 nitrogen and oxygen atoms in total. The molecule has 5 heteroatoms. The standard InChI is InChI=1S/C11H20N4O/c1-12-7-6-10-13-11(14-16-10)15-8-4-2-3-5-9-15/h12H,2-9H2,1H3. The van der Waals surface area contributed by atoms with E-state index in [9.17, 15) is 0 Å². The summed E-state index contributed by atoms with van der Waals surface area (Å²) in [5, 5.41) is 7.12. The summed E-state index contributed by atoms with van der Waals surface area (Å²) in [6.45, 7) is 3.00. The summed E-state index contributed by atoms with van der Waals surface area (Å²) in [6, 6.07) is 0. The van der Waals surface area contributed by atoms with E-state index in [0.29, 0.717) is 0 Å². The van der Waals surface area contributed by atoms with Gasteiger partial charge in [-0.1, -0.05) is 12.8 Å². The van der Waals surface area contributed by atoms with E-state index in [2.05, 4.69) is 20.4 Å². The van der Waals surface area contributed by atoms with Crippen LogP contribution >= 0.6 is 0 Å². The largest absolute Gasteiger partial charge is 0.338 e. The average Bonchev–Trinajstić information content (AvgIpc) is 2.60. The molecule has 1 saturated heterocycles. The van der Waals surface area contributed by atoms with Crippen molar-refractivity contribution >= 4 is 5.95 Å². The van der Waals surface area contributed by atoms with Gasteiger partial charge in [-0.3, -0.25) is 0 Å². The van der Waals surface area contributed by atoms with E-state index in [1.807, 2.05) is 7.05 Å². The minimum absolute atomic E-state index is 0.730. The maximum atomic E-state index is 5.22. The first-order valence-corrected chi connectivity index (χ1v) is 6.12. The number of hydrogen-bond donors (Lipinski definition) is 1. The Balaban J connectivity index is 1.94. The van der Waals surface area contributed by atoms with Gasteiger partial charge in [0.25, 0.3) is 5.95 Å². The molecule has 0 aliphatic carbocycles. The van der Waals surface area contributed by atoms with Crippen LogP contribution in [0.1, 0.15) is 31.6 Å². The first-order chi connectivity index (χ1) is 7.90. The zero-order chi connectivity index (χ0) is 11.2. The molecule has 0 unspecified atom stereocenters. The normalized spacial score (nSPS) is 17.4. The van der Waals surface area contributed by atoms with Crippen molar-refractivity contribution in [3.05, 3.63) is 5.89 Å². The Morgan fingerprint density at radius 3 is 2.69 bits per heavy atom. The van der Waals surface area contributed by atoms with Crippen LogP contribution in [0.5, 0.6) is 0 Å². The average molecular weight is 224 g/mol. The number of nitrogens with one attached hydrogen (secondary N) is 1. The molecule has 0 aromatic carbocycles. The Kier molecular flexibility index (Phi) is 4.16. The summed E-state index contributed by atoms with van der Waals surface area (Å²) in [5.74, 6) is 1.50. The molecule has 90 valence electrons. The van der Waals surface area contributed by atoms with Crippen molar-refractivity contribution in [2.24, 2.45) is 0 Å². The molecule has 16 heavy (non-hydrogen) atoms. The molecule has 1 N–H and O–H groups in total. The molecule has 0 radical (unpaired) electrons. The predicted octanol–water partition coefficient (Wildman–Crippen LogP) is 1.21. The van der Waals surface area contributed by atoms with E-state index >= 15 is 0 Å². The van der Waals surface area contributed by atoms with E-state index in [-0.39, 0.29) is 0 Å². The van der Waals surface area contributed by atoms with Crippen LogP contribution in [0, 0.1) is 0 Å². The van der Waals surface area contributed by atoms with Crippen molar-refractivity contribution in [3.63, 3.8) is 0 Å². The van der Waals surface area contributed by atoms with Crippen molar-refractivity contribution in [2.45, 2.75) is 32.1 Å². The molecular weight excluding hydrogens is 204 g/mol. The third kappa shape index (κ3) is 2.95. The highest BCUT2D eigenvalue weighted by Crippen LogP contribution is 2.16. The molecule has 0 amide bonds. The zero-order valence-electron chi connectivity index (χ0n) is 9.91. The molecule has 1 aromatic rings. The van der Waals surface area contributed by atoms with Gasteiger partial charge in [0, 0.05) is 26.1 Å². The van der Waals surface area contributed by atoms with Crippen LogP contribution in [0.25, 0.3) is 0 Å². The quantitative estimate of drug-likeness (QED) is 0.833. The van der Waals surface area contributed by atoms with Crippen LogP contribution in [0.4, 0.5) is 5.95 Å². The SMILES string of the molecule is CNCCc1nc(N2CCCCCC2)no1. The fourth-order valence-corrected chi connectivity index (χ4v) is 1.98. The van der Waals surface area contributed by atoms with Crippen LogP contribution in [0.3, 0.4) is 0 Å². The lowest BCUT2D eigenvalue weighted by molar-refractivity contribution is 0.376. The van der Waals surface area contributed by atoms with E-state index in [1.165, 1.54) is 25.7 Å². The van der Waals surface area contributed by atoms with E-state index in [4.69, 9.17) is 4.52 Å². The third-order valence-electron chi connectivity index (χ3n) is 2.94. The molecule has 0 atom stereocenters. The Morgan fingerprint density at radius 2 is 2.00 bits per heavy atom. The van der Waals surface area contributed by atoms with Crippen LogP contribution in [0.2, 0.25) is 0 Å². The number of nitrogens with zero attached hydrogens (tertiary/aromatic N) is 3. The van der Waals surface area contributed by atoms with E-state index in [0.717, 1.165) is 37.9 Å². The lowest BCUT2D eigenvalue weighted by atomic mass is 10.2. The Bertz CT molecular complexity index is 305. The first kappa shape index (κ1) is 11.4. The Morgan fingerprint density at radius 1 is 1.25 bits per heavy atom. The summed E-state index contributed by atoms with van der Waals surface area (Å²) >= 11 is 0. The van der Waals surface area contributed by atoms with Crippen molar-refractivity contribution < 1.29 is 4.52 Å². The number of aromatic nitrogens is 2. The molecule has 1 aliphatic heterocycles. The van der Waals surface area contributed by atoms with Gasteiger partial charge in [-0.15, -0.1) is 0 Å². The van der Waals surface area contributed by atoms with Crippen molar-refractivity contribution in [2.75, 3.05) is 31.6 Å². The van der Waals surface area contributed by atoms with Crippen molar-refractivity contribution in [1.29, 1.82) is 0 Å². The molecule has 2 rings (SSSR count). The van der Waals surface area contributed by atoms with Gasteiger partial charge in [-0.05, 0) is 25.0 Å². The third-order valence-corrected chi connectivity index (χ3v) is 2.94. The van der Waals surface area contributed by atoms with Gasteiger partial charge in [0.15, 0.2) is 0 Å². The van der Waals surface area contributed by atoms with Gasteiger partial charge < -0.3 is 14.7 Å². The second-order valence-corrected chi connectivity index (χ2v) is 4.24. The highest BCUT2D eigenvalue weighted by molar-refractivity contribution is 5.27. The van der Waals surface area contributed by atoms with Crippen molar-refractivity contribution in [3.8, 4) is 0 Å². The fourth-order valence-electron chi connectivity index (χ4n) is 1.98. The maximum Gasteiger partial charge on any atom is 0.266 e. The molecule has 1 aliphatic rings. The van der Waals surface area contributed by atoms with Crippen LogP contribution in [0.15, 0.2) is 4.52 Å². The zero-order valence-corrected chi connectivity index (χ0v) is 9.91. The monoisotopic (exact) mass is 224 g/mol. The minimum Gasteiger partial charge on any atom is -0.338 e. The molecule has 0 saturated carbocycles. The Labute approximate surface area is 96.2 Å². The number of anilines is 1. The number of rotatable bonds is 4. The van der Waals surface area contributed by atoms with Crippen LogP contribution < -0.4 is 10.2 Å². The minimum atomic E-state index is 0.730. The van der Waals surface area contributed by atoms with Gasteiger partial charge in [0.05, 0.1) is 0 Å².